The maximum atomic E-state index is 8.21. The van der Waals surface area contributed by atoms with Crippen LogP contribution in [0.5, 0.6) is 0 Å². The van der Waals surface area contributed by atoms with Gasteiger partial charge in [-0.05, 0) is 19.3 Å². The van der Waals surface area contributed by atoms with Crippen LogP contribution >= 0.6 is 9.03 Å². The van der Waals surface area contributed by atoms with Gasteiger partial charge in [0.1, 0.15) is 0 Å². The van der Waals surface area contributed by atoms with Crippen LogP contribution in [0.15, 0.2) is 0 Å². The Kier molecular flexibility index (Phi) is 23.4. The van der Waals surface area contributed by atoms with Crippen LogP contribution in [0, 0.1) is 0 Å². The first-order valence-electron chi connectivity index (χ1n) is 10.4. The van der Waals surface area contributed by atoms with Crippen LogP contribution in [0.4, 0.5) is 0 Å². The molecule has 0 radical (unpaired) electrons. The summed E-state index contributed by atoms with van der Waals surface area (Å²) in [6, 6.07) is 0. The molecule has 7 heteroatoms. The summed E-state index contributed by atoms with van der Waals surface area (Å²) in [6.07, 6.45) is 18.6. The van der Waals surface area contributed by atoms with Crippen molar-refractivity contribution in [3.63, 3.8) is 0 Å². The Morgan fingerprint density at radius 2 is 1.31 bits per heavy atom. The van der Waals surface area contributed by atoms with Crippen molar-refractivity contribution in [2.75, 3.05) is 13.7 Å². The van der Waals surface area contributed by atoms with Gasteiger partial charge in [0.2, 0.25) is 0 Å². The molecule has 2 atom stereocenters. The molecular formula is C19H41O6P. The Morgan fingerprint density at radius 1 is 0.769 bits per heavy atom. The van der Waals surface area contributed by atoms with E-state index in [0.717, 1.165) is 19.3 Å². The van der Waals surface area contributed by atoms with Gasteiger partial charge in [-0.25, -0.2) is 15.0 Å². The lowest BCUT2D eigenvalue weighted by atomic mass is 10.0. The second kappa shape index (κ2) is 23.2. The second-order valence-electron chi connectivity index (χ2n) is 6.79. The molecule has 0 aliphatic carbocycles. The summed E-state index contributed by atoms with van der Waals surface area (Å²) in [4.78, 5) is 9.42. The molecule has 0 heterocycles. The minimum absolute atomic E-state index is 0.217. The molecule has 0 aromatic carbocycles. The molecule has 0 aromatic heterocycles. The maximum Gasteiger partial charge on any atom is 0.198 e. The van der Waals surface area contributed by atoms with E-state index in [1.807, 2.05) is 0 Å². The average molecular weight is 397 g/mol. The van der Waals surface area contributed by atoms with Crippen molar-refractivity contribution >= 4 is 9.03 Å². The van der Waals surface area contributed by atoms with Crippen LogP contribution in [0.3, 0.4) is 0 Å². The smallest absolute Gasteiger partial charge is 0.198 e. The van der Waals surface area contributed by atoms with E-state index in [9.17, 15) is 0 Å². The van der Waals surface area contributed by atoms with Gasteiger partial charge >= 0.3 is 0 Å². The Labute approximate surface area is 162 Å². The Bertz CT molecular complexity index is 258. The van der Waals surface area contributed by atoms with Crippen LogP contribution < -0.4 is 0 Å². The average Bonchev–Trinajstić information content (AvgIpc) is 2.65. The second-order valence-corrected chi connectivity index (χ2v) is 7.36. The summed E-state index contributed by atoms with van der Waals surface area (Å²) in [7, 11) is 1.30. The van der Waals surface area contributed by atoms with Crippen molar-refractivity contribution in [1.82, 2.24) is 0 Å². The van der Waals surface area contributed by atoms with Crippen molar-refractivity contribution < 1.29 is 29.3 Å². The van der Waals surface area contributed by atoms with Crippen molar-refractivity contribution in [1.29, 1.82) is 0 Å². The third kappa shape index (κ3) is 20.5. The van der Waals surface area contributed by atoms with E-state index in [4.69, 9.17) is 14.7 Å². The lowest BCUT2D eigenvalue weighted by molar-refractivity contribution is -0.438. The summed E-state index contributed by atoms with van der Waals surface area (Å²) >= 11 is 0. The molecule has 0 bridgehead atoms. The normalized spacial score (nSPS) is 13.0. The van der Waals surface area contributed by atoms with Crippen molar-refractivity contribution in [2.24, 2.45) is 0 Å². The van der Waals surface area contributed by atoms with E-state index in [0.29, 0.717) is 6.61 Å². The minimum atomic E-state index is -0.253. The summed E-state index contributed by atoms with van der Waals surface area (Å²) in [5.74, 6) is 0. The van der Waals surface area contributed by atoms with E-state index in [1.54, 1.807) is 7.11 Å². The molecule has 0 aliphatic heterocycles. The molecule has 1 N–H and O–H groups in total. The third-order valence-electron chi connectivity index (χ3n) is 4.54. The first kappa shape index (κ1) is 26.2. The third-order valence-corrected chi connectivity index (χ3v) is 5.11. The van der Waals surface area contributed by atoms with Gasteiger partial charge in [-0.2, -0.15) is 4.67 Å². The summed E-state index contributed by atoms with van der Waals surface area (Å²) < 4.78 is 10.1. The quantitative estimate of drug-likeness (QED) is 0.0945. The largest absolute Gasteiger partial charge is 0.331 e. The Balaban J connectivity index is 3.49. The van der Waals surface area contributed by atoms with Gasteiger partial charge in [-0.1, -0.05) is 89.0 Å². The van der Waals surface area contributed by atoms with E-state index in [2.05, 4.69) is 21.5 Å². The predicted octanol–water partition coefficient (Wildman–Crippen LogP) is 6.75. The Morgan fingerprint density at radius 3 is 1.85 bits per heavy atom. The van der Waals surface area contributed by atoms with E-state index in [1.165, 1.54) is 77.0 Å². The molecule has 2 unspecified atom stereocenters. The lowest BCUT2D eigenvalue weighted by Gasteiger charge is -2.16. The predicted molar refractivity (Wildman–Crippen MR) is 106 cm³/mol. The van der Waals surface area contributed by atoms with Gasteiger partial charge in [-0.3, -0.25) is 0 Å². The van der Waals surface area contributed by atoms with Crippen LogP contribution in [-0.2, 0) is 24.0 Å². The molecule has 158 valence electrons. The lowest BCUT2D eigenvalue weighted by Crippen LogP contribution is -2.09. The maximum absolute atomic E-state index is 8.21. The van der Waals surface area contributed by atoms with Gasteiger partial charge < -0.3 is 4.52 Å². The SMILES string of the molecule is CCCCCCC(CCCCCCCCCCCOOC)OPOOO. The zero-order chi connectivity index (χ0) is 19.1. The van der Waals surface area contributed by atoms with E-state index < -0.39 is 0 Å². The molecule has 0 aliphatic rings. The van der Waals surface area contributed by atoms with Gasteiger partial charge in [0.15, 0.2) is 9.03 Å². The van der Waals surface area contributed by atoms with Crippen LogP contribution in [0.2, 0.25) is 0 Å². The highest BCUT2D eigenvalue weighted by Gasteiger charge is 2.09. The van der Waals surface area contributed by atoms with Crippen LogP contribution in [-0.4, -0.2) is 25.1 Å². The van der Waals surface area contributed by atoms with Gasteiger partial charge in [0.25, 0.3) is 0 Å². The fourth-order valence-corrected chi connectivity index (χ4v) is 3.46. The zero-order valence-corrected chi connectivity index (χ0v) is 17.9. The molecule has 0 saturated carbocycles. The van der Waals surface area contributed by atoms with Gasteiger partial charge in [-0.15, -0.1) is 0 Å². The monoisotopic (exact) mass is 396 g/mol. The molecular weight excluding hydrogens is 355 g/mol. The number of hydrogen-bond acceptors (Lipinski definition) is 6. The molecule has 6 nitrogen and oxygen atoms in total. The van der Waals surface area contributed by atoms with Crippen molar-refractivity contribution in [2.45, 2.75) is 109 Å². The first-order valence-corrected chi connectivity index (χ1v) is 11.2. The first-order chi connectivity index (χ1) is 12.8. The minimum Gasteiger partial charge on any atom is -0.331 e. The molecule has 0 rings (SSSR count). The van der Waals surface area contributed by atoms with Crippen molar-refractivity contribution in [3.05, 3.63) is 0 Å². The van der Waals surface area contributed by atoms with Crippen LogP contribution in [0.25, 0.3) is 0 Å². The van der Waals surface area contributed by atoms with Crippen molar-refractivity contribution in [3.8, 4) is 0 Å². The molecule has 0 amide bonds. The highest BCUT2D eigenvalue weighted by Crippen LogP contribution is 2.24. The molecule has 0 fully saturated rings. The fraction of sp³-hybridized carbons (Fsp3) is 1.00. The molecule has 0 aromatic rings. The van der Waals surface area contributed by atoms with E-state index >= 15 is 0 Å². The fourth-order valence-electron chi connectivity index (χ4n) is 3.02. The highest BCUT2D eigenvalue weighted by atomic mass is 31.1. The van der Waals surface area contributed by atoms with Gasteiger partial charge in [0, 0.05) is 0 Å². The van der Waals surface area contributed by atoms with Gasteiger partial charge in [0.05, 0.1) is 19.8 Å². The summed E-state index contributed by atoms with van der Waals surface area (Å²) in [5.41, 5.74) is 0. The molecule has 26 heavy (non-hydrogen) atoms. The Hall–Kier alpha value is 0.190. The number of unbranched alkanes of at least 4 members (excludes halogenated alkanes) is 11. The zero-order valence-electron chi connectivity index (χ0n) is 16.9. The number of rotatable bonds is 22. The molecule has 0 saturated heterocycles. The molecule has 0 spiro atoms. The summed E-state index contributed by atoms with van der Waals surface area (Å²) in [5, 5.41) is 11.8. The van der Waals surface area contributed by atoms with E-state index in [-0.39, 0.29) is 15.1 Å². The number of hydrogen-bond donors (Lipinski definition) is 1. The topological polar surface area (TPSA) is 66.4 Å². The standard InChI is InChI=1S/C19H41O6P/c1-3-4-5-13-16-19(23-26-25-24-20)17-14-11-9-7-6-8-10-12-15-18-22-21-2/h19-20,26H,3-18H2,1-2H3. The van der Waals surface area contributed by atoms with Crippen LogP contribution in [0.1, 0.15) is 103 Å². The summed E-state index contributed by atoms with van der Waals surface area (Å²) in [6.45, 7) is 2.92. The highest BCUT2D eigenvalue weighted by molar-refractivity contribution is 7.26.